The van der Waals surface area contributed by atoms with Crippen LogP contribution in [0.25, 0.3) is 11.4 Å². The lowest BCUT2D eigenvalue weighted by Crippen LogP contribution is -2.32. The van der Waals surface area contributed by atoms with Crippen molar-refractivity contribution in [3.8, 4) is 22.9 Å². The van der Waals surface area contributed by atoms with Crippen LogP contribution in [0, 0.1) is 0 Å². The number of rotatable bonds is 11. The van der Waals surface area contributed by atoms with Crippen LogP contribution in [0.1, 0.15) is 36.4 Å². The topological polar surface area (TPSA) is 87.5 Å². The molecule has 4 rings (SSSR count). The molecule has 0 aliphatic heterocycles. The number of aryl methyl sites for hydroxylation is 1. The Kier molecular flexibility index (Phi) is 8.65. The normalized spacial score (nSPS) is 14.9. The molecule has 0 radical (unpaired) electrons. The molecule has 8 nitrogen and oxygen atoms in total. The Bertz CT molecular complexity index is 1150. The molecule has 186 valence electrons. The number of carbonyl (C=O) groups is 1. The molecule has 1 heterocycles. The molecule has 1 aromatic heterocycles. The van der Waals surface area contributed by atoms with Gasteiger partial charge in [-0.3, -0.25) is 4.79 Å². The number of nitrogens with one attached hydrogen (secondary N) is 1. The van der Waals surface area contributed by atoms with Gasteiger partial charge in [0.15, 0.2) is 22.5 Å². The second-order valence-corrected chi connectivity index (χ2v) is 9.32. The average molecular weight is 497 g/mol. The van der Waals surface area contributed by atoms with Crippen molar-refractivity contribution in [2.75, 3.05) is 33.7 Å². The van der Waals surface area contributed by atoms with Crippen LogP contribution in [0.15, 0.2) is 47.6 Å². The Morgan fingerprint density at radius 3 is 2.74 bits per heavy atom. The molecule has 1 aliphatic rings. The second kappa shape index (κ2) is 12.1. The SMILES string of the molecule is COCCCn1c(SCC(=O)NC2CCCc3ccccc32)nnc1-c1ccc(OC)c(OC)c1. The van der Waals surface area contributed by atoms with Gasteiger partial charge in [-0.1, -0.05) is 36.0 Å². The van der Waals surface area contributed by atoms with Crippen LogP contribution >= 0.6 is 11.8 Å². The summed E-state index contributed by atoms with van der Waals surface area (Å²) in [6.07, 6.45) is 3.91. The Hall–Kier alpha value is -3.04. The summed E-state index contributed by atoms with van der Waals surface area (Å²) in [6.45, 7) is 1.29. The van der Waals surface area contributed by atoms with Crippen LogP contribution in [0.3, 0.4) is 0 Å². The van der Waals surface area contributed by atoms with Crippen LogP contribution in [-0.4, -0.2) is 54.4 Å². The predicted molar refractivity (Wildman–Crippen MR) is 136 cm³/mol. The lowest BCUT2D eigenvalue weighted by Gasteiger charge is -2.26. The van der Waals surface area contributed by atoms with E-state index in [2.05, 4.69) is 33.7 Å². The molecule has 1 unspecified atom stereocenters. The number of aromatic nitrogens is 3. The van der Waals surface area contributed by atoms with Gasteiger partial charge >= 0.3 is 0 Å². The molecule has 2 aromatic carbocycles. The molecule has 0 bridgehead atoms. The van der Waals surface area contributed by atoms with Gasteiger partial charge in [0.2, 0.25) is 5.91 Å². The van der Waals surface area contributed by atoms with Crippen molar-refractivity contribution in [3.05, 3.63) is 53.6 Å². The number of thioether (sulfide) groups is 1. The van der Waals surface area contributed by atoms with Crippen LogP contribution < -0.4 is 14.8 Å². The van der Waals surface area contributed by atoms with Crippen LogP contribution in [0.5, 0.6) is 11.5 Å². The van der Waals surface area contributed by atoms with Crippen LogP contribution in [-0.2, 0) is 22.5 Å². The smallest absolute Gasteiger partial charge is 0.230 e. The fraction of sp³-hybridized carbons (Fsp3) is 0.423. The molecule has 1 N–H and O–H groups in total. The minimum absolute atomic E-state index is 0.00388. The van der Waals surface area contributed by atoms with E-state index < -0.39 is 0 Å². The van der Waals surface area contributed by atoms with Crippen LogP contribution in [0.2, 0.25) is 0 Å². The van der Waals surface area contributed by atoms with Crippen molar-refractivity contribution in [2.24, 2.45) is 0 Å². The van der Waals surface area contributed by atoms with E-state index in [1.54, 1.807) is 21.3 Å². The lowest BCUT2D eigenvalue weighted by molar-refractivity contribution is -0.119. The van der Waals surface area contributed by atoms with Gasteiger partial charge in [0, 0.05) is 25.8 Å². The summed E-state index contributed by atoms with van der Waals surface area (Å²) < 4.78 is 18.1. The first-order valence-electron chi connectivity index (χ1n) is 11.8. The van der Waals surface area contributed by atoms with Crippen LogP contribution in [0.4, 0.5) is 0 Å². The molecule has 0 saturated heterocycles. The average Bonchev–Trinajstić information content (AvgIpc) is 3.30. The zero-order valence-electron chi connectivity index (χ0n) is 20.5. The maximum Gasteiger partial charge on any atom is 0.230 e. The molecule has 1 atom stereocenters. The Morgan fingerprint density at radius 1 is 1.11 bits per heavy atom. The summed E-state index contributed by atoms with van der Waals surface area (Å²) in [7, 11) is 4.90. The van der Waals surface area contributed by atoms with Gasteiger partial charge in [0.25, 0.3) is 0 Å². The van der Waals surface area contributed by atoms with E-state index in [0.717, 1.165) is 31.2 Å². The maximum atomic E-state index is 12.9. The quantitative estimate of drug-likeness (QED) is 0.313. The lowest BCUT2D eigenvalue weighted by atomic mass is 9.88. The molecular weight excluding hydrogens is 464 g/mol. The van der Waals surface area contributed by atoms with Gasteiger partial charge < -0.3 is 24.1 Å². The number of methoxy groups -OCH3 is 3. The molecule has 9 heteroatoms. The number of hydrogen-bond donors (Lipinski definition) is 1. The number of benzene rings is 2. The first-order chi connectivity index (χ1) is 17.1. The number of fused-ring (bicyclic) bond motifs is 1. The van der Waals surface area contributed by atoms with Crippen molar-refractivity contribution in [3.63, 3.8) is 0 Å². The summed E-state index contributed by atoms with van der Waals surface area (Å²) in [4.78, 5) is 12.9. The molecule has 1 aliphatic carbocycles. The largest absolute Gasteiger partial charge is 0.493 e. The molecule has 35 heavy (non-hydrogen) atoms. The van der Waals surface area contributed by atoms with E-state index in [1.165, 1.54) is 22.9 Å². The van der Waals surface area contributed by atoms with Crippen molar-refractivity contribution in [1.29, 1.82) is 0 Å². The van der Waals surface area contributed by atoms with Gasteiger partial charge in [-0.05, 0) is 55.0 Å². The zero-order valence-corrected chi connectivity index (χ0v) is 21.3. The summed E-state index contributed by atoms with van der Waals surface area (Å²) in [5.74, 6) is 2.25. The third-order valence-corrected chi connectivity index (χ3v) is 7.09. The highest BCUT2D eigenvalue weighted by Crippen LogP contribution is 2.33. The predicted octanol–water partition coefficient (Wildman–Crippen LogP) is 4.28. The van der Waals surface area contributed by atoms with E-state index in [1.807, 2.05) is 28.8 Å². The van der Waals surface area contributed by atoms with Gasteiger partial charge in [-0.2, -0.15) is 0 Å². The monoisotopic (exact) mass is 496 g/mol. The third-order valence-electron chi connectivity index (χ3n) is 6.13. The minimum Gasteiger partial charge on any atom is -0.493 e. The number of nitrogens with zero attached hydrogens (tertiary/aromatic N) is 3. The molecule has 1 amide bonds. The highest BCUT2D eigenvalue weighted by molar-refractivity contribution is 7.99. The molecule has 0 spiro atoms. The van der Waals surface area contributed by atoms with E-state index in [9.17, 15) is 4.79 Å². The first kappa shape index (κ1) is 25.1. The summed E-state index contributed by atoms with van der Waals surface area (Å²) >= 11 is 1.40. The van der Waals surface area contributed by atoms with E-state index in [0.29, 0.717) is 35.6 Å². The summed E-state index contributed by atoms with van der Waals surface area (Å²) in [6, 6.07) is 14.1. The molecular formula is C26H32N4O4S. The van der Waals surface area contributed by atoms with Crippen molar-refractivity contribution < 1.29 is 19.0 Å². The molecule has 0 fully saturated rings. The third kappa shape index (κ3) is 5.97. The second-order valence-electron chi connectivity index (χ2n) is 8.37. The highest BCUT2D eigenvalue weighted by Gasteiger charge is 2.22. The van der Waals surface area contributed by atoms with Gasteiger partial charge in [-0.15, -0.1) is 10.2 Å². The minimum atomic E-state index is -0.00388. The number of ether oxygens (including phenoxy) is 3. The fourth-order valence-corrected chi connectivity index (χ4v) is 5.20. The van der Waals surface area contributed by atoms with E-state index >= 15 is 0 Å². The van der Waals surface area contributed by atoms with Crippen molar-refractivity contribution in [1.82, 2.24) is 20.1 Å². The molecule has 3 aromatic rings. The van der Waals surface area contributed by atoms with Crippen molar-refractivity contribution in [2.45, 2.75) is 43.4 Å². The van der Waals surface area contributed by atoms with Crippen molar-refractivity contribution >= 4 is 17.7 Å². The zero-order chi connectivity index (χ0) is 24.6. The number of carbonyl (C=O) groups excluding carboxylic acids is 1. The van der Waals surface area contributed by atoms with Gasteiger partial charge in [0.1, 0.15) is 0 Å². The highest BCUT2D eigenvalue weighted by atomic mass is 32.2. The fourth-order valence-electron chi connectivity index (χ4n) is 4.42. The van der Waals surface area contributed by atoms with Gasteiger partial charge in [0.05, 0.1) is 26.0 Å². The standard InChI is InChI=1S/C26H32N4O4S/c1-32-15-7-14-30-25(19-12-13-22(33-2)23(16-19)34-3)28-29-26(30)35-17-24(31)27-21-11-6-9-18-8-4-5-10-20(18)21/h4-5,8,10,12-13,16,21H,6-7,9,11,14-15,17H2,1-3H3,(H,27,31). The summed E-state index contributed by atoms with van der Waals surface area (Å²) in [5, 5.41) is 12.8. The Labute approximate surface area is 210 Å². The first-order valence-corrected chi connectivity index (χ1v) is 12.8. The molecule has 0 saturated carbocycles. The van der Waals surface area contributed by atoms with E-state index in [4.69, 9.17) is 14.2 Å². The Balaban J connectivity index is 1.48. The van der Waals surface area contributed by atoms with Gasteiger partial charge in [-0.25, -0.2) is 0 Å². The summed E-state index contributed by atoms with van der Waals surface area (Å²) in [5.41, 5.74) is 3.42. The number of hydrogen-bond acceptors (Lipinski definition) is 7. The Morgan fingerprint density at radius 2 is 1.94 bits per heavy atom. The number of amides is 1. The van der Waals surface area contributed by atoms with E-state index in [-0.39, 0.29) is 17.7 Å². The maximum absolute atomic E-state index is 12.9.